The van der Waals surface area contributed by atoms with Crippen LogP contribution in [-0.2, 0) is 0 Å². The Morgan fingerprint density at radius 3 is 2.44 bits per heavy atom. The number of aromatic amines is 1. The average molecular weight is 680 g/mol. The molecule has 0 radical (unpaired) electrons. The number of fused-ring (bicyclic) bond motifs is 1. The minimum absolute atomic E-state index is 0.102. The van der Waals surface area contributed by atoms with Gasteiger partial charge in [-0.1, -0.05) is 46.3 Å². The quantitative estimate of drug-likeness (QED) is 0.0610. The van der Waals surface area contributed by atoms with Crippen LogP contribution in [0.25, 0.3) is 22.0 Å². The fraction of sp³-hybridized carbons (Fsp3) is 0. The highest BCUT2D eigenvalue weighted by Gasteiger charge is 2.20. The number of esters is 1. The first-order valence-corrected chi connectivity index (χ1v) is 13.5. The zero-order chi connectivity index (χ0) is 29.1. The molecule has 0 saturated heterocycles. The molecule has 12 heteroatoms. The monoisotopic (exact) mass is 678 g/mol. The van der Waals surface area contributed by atoms with Gasteiger partial charge in [-0.25, -0.2) is 14.6 Å². The standard InChI is InChI=1S/C29H17Br2FN4O5/c30-19-12-18(27(23(31)13-19)41-29(38)17-6-9-21(10-7-17)36(39)40)15-33-35-28(37)26-25(16-4-2-1-3-5-16)22-14-20(32)8-11-24(22)34-26/h1-15,34H,(H,35,37). The van der Waals surface area contributed by atoms with Crippen molar-refractivity contribution in [3.8, 4) is 16.9 Å². The largest absolute Gasteiger partial charge is 0.421 e. The summed E-state index contributed by atoms with van der Waals surface area (Å²) in [5.74, 6) is -1.65. The molecular formula is C29H17Br2FN4O5. The van der Waals surface area contributed by atoms with Crippen molar-refractivity contribution in [2.45, 2.75) is 0 Å². The zero-order valence-electron chi connectivity index (χ0n) is 20.7. The number of non-ortho nitro benzene ring substituents is 1. The fourth-order valence-corrected chi connectivity index (χ4v) is 5.45. The Labute approximate surface area is 248 Å². The number of hydrogen-bond acceptors (Lipinski definition) is 6. The van der Waals surface area contributed by atoms with Gasteiger partial charge in [-0.2, -0.15) is 5.10 Å². The molecular weight excluding hydrogens is 663 g/mol. The van der Waals surface area contributed by atoms with E-state index in [2.05, 4.69) is 47.4 Å². The van der Waals surface area contributed by atoms with E-state index < -0.39 is 22.6 Å². The third-order valence-electron chi connectivity index (χ3n) is 5.97. The van der Waals surface area contributed by atoms with Crippen LogP contribution in [0.1, 0.15) is 26.4 Å². The fourth-order valence-electron chi connectivity index (χ4n) is 4.11. The van der Waals surface area contributed by atoms with Crippen LogP contribution in [0.5, 0.6) is 5.75 Å². The number of aromatic nitrogens is 1. The van der Waals surface area contributed by atoms with Crippen molar-refractivity contribution >= 4 is 66.5 Å². The summed E-state index contributed by atoms with van der Waals surface area (Å²) in [5.41, 5.74) is 4.76. The number of ether oxygens (including phenoxy) is 1. The summed E-state index contributed by atoms with van der Waals surface area (Å²) in [7, 11) is 0. The normalized spacial score (nSPS) is 11.1. The van der Waals surface area contributed by atoms with Gasteiger partial charge < -0.3 is 9.72 Å². The molecule has 204 valence electrons. The van der Waals surface area contributed by atoms with Crippen LogP contribution < -0.4 is 10.2 Å². The number of H-pyrrole nitrogens is 1. The predicted molar refractivity (Wildman–Crippen MR) is 159 cm³/mol. The maximum Gasteiger partial charge on any atom is 0.343 e. The molecule has 0 fully saturated rings. The smallest absolute Gasteiger partial charge is 0.343 e. The van der Waals surface area contributed by atoms with E-state index in [1.54, 1.807) is 18.2 Å². The Bertz CT molecular complexity index is 1840. The molecule has 0 aliphatic carbocycles. The second-order valence-corrected chi connectivity index (χ2v) is 10.4. The lowest BCUT2D eigenvalue weighted by molar-refractivity contribution is -0.384. The van der Waals surface area contributed by atoms with Crippen LogP contribution in [-0.4, -0.2) is 28.0 Å². The Morgan fingerprint density at radius 2 is 1.73 bits per heavy atom. The van der Waals surface area contributed by atoms with E-state index in [9.17, 15) is 24.1 Å². The van der Waals surface area contributed by atoms with Gasteiger partial charge in [0.1, 0.15) is 11.5 Å². The second-order valence-electron chi connectivity index (χ2n) is 8.63. The number of nitrogens with zero attached hydrogens (tertiary/aromatic N) is 2. The van der Waals surface area contributed by atoms with E-state index >= 15 is 0 Å². The number of rotatable bonds is 7. The van der Waals surface area contributed by atoms with Gasteiger partial charge in [0.25, 0.3) is 11.6 Å². The molecule has 0 bridgehead atoms. The highest BCUT2D eigenvalue weighted by atomic mass is 79.9. The first-order chi connectivity index (χ1) is 19.7. The van der Waals surface area contributed by atoms with Gasteiger partial charge in [-0.15, -0.1) is 0 Å². The molecule has 2 N–H and O–H groups in total. The van der Waals surface area contributed by atoms with E-state index in [0.29, 0.717) is 31.0 Å². The molecule has 1 heterocycles. The molecule has 41 heavy (non-hydrogen) atoms. The molecule has 5 aromatic rings. The molecule has 4 aromatic carbocycles. The van der Waals surface area contributed by atoms with Gasteiger partial charge in [0.05, 0.1) is 21.2 Å². The molecule has 1 aromatic heterocycles. The summed E-state index contributed by atoms with van der Waals surface area (Å²) in [6.45, 7) is 0. The van der Waals surface area contributed by atoms with Crippen molar-refractivity contribution in [2.75, 3.05) is 0 Å². The first-order valence-electron chi connectivity index (χ1n) is 11.9. The summed E-state index contributed by atoms with van der Waals surface area (Å²) in [6, 6.07) is 21.6. The van der Waals surface area contributed by atoms with E-state index in [1.807, 2.05) is 30.3 Å². The Kier molecular flexibility index (Phi) is 8.04. The number of benzene rings is 4. The van der Waals surface area contributed by atoms with Gasteiger partial charge >= 0.3 is 5.97 Å². The maximum absolute atomic E-state index is 14.1. The van der Waals surface area contributed by atoms with Crippen molar-refractivity contribution in [2.24, 2.45) is 5.10 Å². The van der Waals surface area contributed by atoms with Gasteiger partial charge in [-0.05, 0) is 64.0 Å². The van der Waals surface area contributed by atoms with Crippen LogP contribution in [0, 0.1) is 15.9 Å². The van der Waals surface area contributed by atoms with E-state index in [-0.39, 0.29) is 22.7 Å². The van der Waals surface area contributed by atoms with E-state index in [1.165, 1.54) is 42.6 Å². The zero-order valence-corrected chi connectivity index (χ0v) is 23.9. The number of nitro groups is 1. The lowest BCUT2D eigenvalue weighted by Crippen LogP contribution is -2.19. The first kappa shape index (κ1) is 27.9. The summed E-state index contributed by atoms with van der Waals surface area (Å²) in [5, 5.41) is 15.5. The highest BCUT2D eigenvalue weighted by Crippen LogP contribution is 2.34. The van der Waals surface area contributed by atoms with Gasteiger partial charge in [0.2, 0.25) is 0 Å². The topological polar surface area (TPSA) is 127 Å². The summed E-state index contributed by atoms with van der Waals surface area (Å²) in [6.07, 6.45) is 1.30. The van der Waals surface area contributed by atoms with Crippen LogP contribution >= 0.6 is 31.9 Å². The highest BCUT2D eigenvalue weighted by molar-refractivity contribution is 9.11. The van der Waals surface area contributed by atoms with Crippen molar-refractivity contribution in [1.29, 1.82) is 0 Å². The van der Waals surface area contributed by atoms with Gasteiger partial charge in [0, 0.05) is 38.6 Å². The SMILES string of the molecule is O=C(Oc1c(Br)cc(Br)cc1C=NNC(=O)c1[nH]c2ccc(F)cc2c1-c1ccccc1)c1ccc([N+](=O)[O-])cc1. The van der Waals surface area contributed by atoms with Crippen LogP contribution in [0.3, 0.4) is 0 Å². The Balaban J connectivity index is 1.42. The third kappa shape index (κ3) is 6.08. The molecule has 0 atom stereocenters. The maximum atomic E-state index is 14.1. The molecule has 1 amide bonds. The van der Waals surface area contributed by atoms with E-state index in [4.69, 9.17) is 4.74 Å². The predicted octanol–water partition coefficient (Wildman–Crippen LogP) is 7.39. The lowest BCUT2D eigenvalue weighted by Gasteiger charge is -2.10. The van der Waals surface area contributed by atoms with Crippen LogP contribution in [0.4, 0.5) is 10.1 Å². The average Bonchev–Trinajstić information content (AvgIpc) is 3.34. The second kappa shape index (κ2) is 11.8. The van der Waals surface area contributed by atoms with Gasteiger partial charge in [0.15, 0.2) is 5.75 Å². The van der Waals surface area contributed by atoms with Crippen LogP contribution in [0.2, 0.25) is 0 Å². The minimum Gasteiger partial charge on any atom is -0.421 e. The molecule has 5 rings (SSSR count). The third-order valence-corrected chi connectivity index (χ3v) is 7.01. The van der Waals surface area contributed by atoms with E-state index in [0.717, 1.165) is 5.56 Å². The van der Waals surface area contributed by atoms with Crippen molar-refractivity contribution in [3.05, 3.63) is 127 Å². The van der Waals surface area contributed by atoms with Crippen molar-refractivity contribution < 1.29 is 23.6 Å². The molecule has 9 nitrogen and oxygen atoms in total. The number of hydrazone groups is 1. The minimum atomic E-state index is -0.751. The molecule has 0 unspecified atom stereocenters. The number of amides is 1. The summed E-state index contributed by atoms with van der Waals surface area (Å²) in [4.78, 5) is 39.4. The van der Waals surface area contributed by atoms with Gasteiger partial charge in [-0.3, -0.25) is 14.9 Å². The van der Waals surface area contributed by atoms with Crippen molar-refractivity contribution in [1.82, 2.24) is 10.4 Å². The summed E-state index contributed by atoms with van der Waals surface area (Å²) < 4.78 is 20.7. The number of hydrogen-bond donors (Lipinski definition) is 2. The number of nitrogens with one attached hydrogen (secondary N) is 2. The Hall–Kier alpha value is -4.68. The number of nitro benzene ring substituents is 1. The Morgan fingerprint density at radius 1 is 1.00 bits per heavy atom. The number of carbonyl (C=O) groups excluding carboxylic acids is 2. The van der Waals surface area contributed by atoms with Crippen molar-refractivity contribution in [3.63, 3.8) is 0 Å². The lowest BCUT2D eigenvalue weighted by atomic mass is 10.0. The molecule has 0 spiro atoms. The molecule has 0 saturated carbocycles. The summed E-state index contributed by atoms with van der Waals surface area (Å²) >= 11 is 6.75. The molecule has 0 aliphatic heterocycles. The molecule has 0 aliphatic rings. The van der Waals surface area contributed by atoms with Crippen LogP contribution in [0.15, 0.2) is 99.0 Å². The number of carbonyl (C=O) groups is 2. The number of halogens is 3.